The molecule has 0 aliphatic carbocycles. The smallest absolute Gasteiger partial charge is 0.343 e. The summed E-state index contributed by atoms with van der Waals surface area (Å²) in [6, 6.07) is 17.8. The highest BCUT2D eigenvalue weighted by molar-refractivity contribution is 6.21. The van der Waals surface area contributed by atoms with Crippen LogP contribution in [0.15, 0.2) is 54.6 Å². The Morgan fingerprint density at radius 2 is 1.86 bits per heavy atom. The molecule has 184 valence electrons. The molecule has 6 rings (SSSR count). The van der Waals surface area contributed by atoms with Gasteiger partial charge in [0.2, 0.25) is 5.60 Å². The van der Waals surface area contributed by atoms with E-state index in [2.05, 4.69) is 16.4 Å². The SMILES string of the molecule is COC(=O)[C@@]1(O)CCO[C@]1(C)N(C)c1ccccc1-c1cc2[nH]c3ccccc3c2c2c1CNC2=O. The molecule has 36 heavy (non-hydrogen) atoms. The zero-order valence-corrected chi connectivity index (χ0v) is 20.3. The predicted molar refractivity (Wildman–Crippen MR) is 137 cm³/mol. The lowest BCUT2D eigenvalue weighted by Gasteiger charge is -2.44. The Bertz CT molecular complexity index is 1560. The number of H-pyrrole nitrogens is 1. The zero-order valence-electron chi connectivity index (χ0n) is 20.3. The summed E-state index contributed by atoms with van der Waals surface area (Å²) in [5.41, 5.74) is 2.72. The van der Waals surface area contributed by atoms with E-state index in [0.29, 0.717) is 12.1 Å². The van der Waals surface area contributed by atoms with Crippen molar-refractivity contribution < 1.29 is 24.2 Å². The molecule has 0 spiro atoms. The number of rotatable bonds is 4. The van der Waals surface area contributed by atoms with E-state index < -0.39 is 17.3 Å². The maximum Gasteiger partial charge on any atom is 0.343 e. The van der Waals surface area contributed by atoms with Gasteiger partial charge in [-0.2, -0.15) is 0 Å². The van der Waals surface area contributed by atoms with Crippen molar-refractivity contribution in [2.24, 2.45) is 0 Å². The lowest BCUT2D eigenvalue weighted by Crippen LogP contribution is -2.63. The van der Waals surface area contributed by atoms with Crippen molar-refractivity contribution in [3.8, 4) is 11.1 Å². The number of benzene rings is 3. The van der Waals surface area contributed by atoms with Gasteiger partial charge in [0.05, 0.1) is 19.3 Å². The van der Waals surface area contributed by atoms with Crippen LogP contribution in [0.4, 0.5) is 5.69 Å². The summed E-state index contributed by atoms with van der Waals surface area (Å²) in [6.45, 7) is 2.32. The van der Waals surface area contributed by atoms with Gasteiger partial charge in [0, 0.05) is 53.1 Å². The third kappa shape index (κ3) is 2.88. The number of para-hydroxylation sites is 2. The zero-order chi connectivity index (χ0) is 25.2. The Morgan fingerprint density at radius 3 is 2.67 bits per heavy atom. The average molecular weight is 486 g/mol. The van der Waals surface area contributed by atoms with Gasteiger partial charge in [0.25, 0.3) is 5.91 Å². The second kappa shape index (κ2) is 7.81. The molecule has 1 saturated heterocycles. The van der Waals surface area contributed by atoms with E-state index in [1.807, 2.05) is 48.5 Å². The van der Waals surface area contributed by atoms with Crippen LogP contribution in [0.5, 0.6) is 0 Å². The molecule has 4 aromatic rings. The molecular weight excluding hydrogens is 458 g/mol. The van der Waals surface area contributed by atoms with Gasteiger partial charge >= 0.3 is 5.97 Å². The van der Waals surface area contributed by atoms with Crippen LogP contribution in [0.25, 0.3) is 32.9 Å². The fourth-order valence-corrected chi connectivity index (χ4v) is 5.80. The van der Waals surface area contributed by atoms with Crippen LogP contribution in [0, 0.1) is 0 Å². The summed E-state index contributed by atoms with van der Waals surface area (Å²) in [5.74, 6) is -0.833. The molecule has 0 radical (unpaired) electrons. The van der Waals surface area contributed by atoms with Crippen molar-refractivity contribution in [3.63, 3.8) is 0 Å². The highest BCUT2D eigenvalue weighted by Gasteiger charge is 2.61. The summed E-state index contributed by atoms with van der Waals surface area (Å²) in [7, 11) is 3.05. The maximum atomic E-state index is 13.0. The van der Waals surface area contributed by atoms with Crippen LogP contribution in [0.3, 0.4) is 0 Å². The molecule has 1 aromatic heterocycles. The Morgan fingerprint density at radius 1 is 1.11 bits per heavy atom. The molecule has 3 aromatic carbocycles. The average Bonchev–Trinajstić information content (AvgIpc) is 3.56. The van der Waals surface area contributed by atoms with Gasteiger partial charge in [0.15, 0.2) is 5.72 Å². The number of nitrogens with one attached hydrogen (secondary N) is 2. The molecule has 2 aliphatic heterocycles. The maximum absolute atomic E-state index is 13.0. The highest BCUT2D eigenvalue weighted by atomic mass is 16.6. The van der Waals surface area contributed by atoms with Gasteiger partial charge in [-0.3, -0.25) is 4.79 Å². The molecule has 1 fully saturated rings. The molecule has 3 heterocycles. The Balaban J connectivity index is 1.57. The van der Waals surface area contributed by atoms with Gasteiger partial charge in [-0.15, -0.1) is 0 Å². The first-order valence-corrected chi connectivity index (χ1v) is 11.9. The van der Waals surface area contributed by atoms with Crippen LogP contribution in [0.1, 0.15) is 29.3 Å². The van der Waals surface area contributed by atoms with Gasteiger partial charge in [-0.1, -0.05) is 36.4 Å². The van der Waals surface area contributed by atoms with Crippen molar-refractivity contribution in [1.82, 2.24) is 10.3 Å². The topological polar surface area (TPSA) is 104 Å². The van der Waals surface area contributed by atoms with Crippen molar-refractivity contribution >= 4 is 39.4 Å². The summed E-state index contributed by atoms with van der Waals surface area (Å²) in [6.07, 6.45) is 0.123. The molecule has 3 N–H and O–H groups in total. The molecule has 0 bridgehead atoms. The summed E-state index contributed by atoms with van der Waals surface area (Å²) < 4.78 is 10.9. The normalized spacial score (nSPS) is 23.2. The number of aromatic amines is 1. The molecule has 2 atom stereocenters. The first kappa shape index (κ1) is 22.6. The molecule has 2 aliphatic rings. The number of methoxy groups -OCH3 is 1. The van der Waals surface area contributed by atoms with Gasteiger partial charge in [0.1, 0.15) is 0 Å². The number of esters is 1. The number of nitrogens with zero attached hydrogens (tertiary/aromatic N) is 1. The first-order chi connectivity index (χ1) is 17.3. The number of amides is 1. The van der Waals surface area contributed by atoms with Gasteiger partial charge in [-0.25, -0.2) is 4.79 Å². The molecule has 0 saturated carbocycles. The van der Waals surface area contributed by atoms with Crippen LogP contribution in [-0.4, -0.2) is 54.1 Å². The molecule has 1 amide bonds. The third-order valence-corrected chi connectivity index (χ3v) is 7.89. The number of carbonyl (C=O) groups excluding carboxylic acids is 2. The minimum atomic E-state index is -1.84. The largest absolute Gasteiger partial charge is 0.467 e. The van der Waals surface area contributed by atoms with Crippen molar-refractivity contribution in [1.29, 1.82) is 0 Å². The summed E-state index contributed by atoms with van der Waals surface area (Å²) in [5, 5.41) is 16.3. The Labute approximate surface area is 207 Å². The van der Waals surface area contributed by atoms with Crippen LogP contribution in [-0.2, 0) is 20.8 Å². The van der Waals surface area contributed by atoms with E-state index in [-0.39, 0.29) is 18.9 Å². The summed E-state index contributed by atoms with van der Waals surface area (Å²) >= 11 is 0. The monoisotopic (exact) mass is 485 g/mol. The standard InChI is InChI=1S/C28H27N3O5/c1-27(28(34,12-13-36-27)26(33)35-3)31(2)22-11-7-5-8-16(22)18-14-21-23(24-19(18)15-29-25(24)32)17-9-4-6-10-20(17)30-21/h4-11,14,30,34H,12-13,15H2,1-3H3,(H,29,32)/t27-,28-/m0/s1. The number of fused-ring (bicyclic) bond motifs is 5. The van der Waals surface area contributed by atoms with Crippen LogP contribution < -0.4 is 10.2 Å². The molecular formula is C28H27N3O5. The Kier molecular flexibility index (Phi) is 4.90. The lowest BCUT2D eigenvalue weighted by molar-refractivity contribution is -0.179. The second-order valence-corrected chi connectivity index (χ2v) is 9.56. The van der Waals surface area contributed by atoms with E-state index in [1.165, 1.54) is 7.11 Å². The number of ether oxygens (including phenoxy) is 2. The van der Waals surface area contributed by atoms with Crippen LogP contribution >= 0.6 is 0 Å². The fourth-order valence-electron chi connectivity index (χ4n) is 5.80. The second-order valence-electron chi connectivity index (χ2n) is 9.56. The lowest BCUT2D eigenvalue weighted by atomic mass is 9.87. The molecule has 8 nitrogen and oxygen atoms in total. The van der Waals surface area contributed by atoms with E-state index in [1.54, 1.807) is 18.9 Å². The first-order valence-electron chi connectivity index (χ1n) is 11.9. The van der Waals surface area contributed by atoms with Gasteiger partial charge in [-0.05, 0) is 36.2 Å². The third-order valence-electron chi connectivity index (χ3n) is 7.89. The van der Waals surface area contributed by atoms with Crippen molar-refractivity contribution in [3.05, 3.63) is 65.7 Å². The minimum Gasteiger partial charge on any atom is -0.467 e. The minimum absolute atomic E-state index is 0.0985. The number of likely N-dealkylation sites (N-methyl/N-ethyl adjacent to an activating group) is 1. The van der Waals surface area contributed by atoms with Crippen LogP contribution in [0.2, 0.25) is 0 Å². The molecule has 8 heteroatoms. The van der Waals surface area contributed by atoms with Gasteiger partial charge < -0.3 is 29.8 Å². The number of hydrogen-bond donors (Lipinski definition) is 3. The molecule has 0 unspecified atom stereocenters. The quantitative estimate of drug-likeness (QED) is 0.381. The fraction of sp³-hybridized carbons (Fsp3) is 0.286. The van der Waals surface area contributed by atoms with E-state index >= 15 is 0 Å². The highest BCUT2D eigenvalue weighted by Crippen LogP contribution is 2.46. The Hall–Kier alpha value is -3.88. The van der Waals surface area contributed by atoms with E-state index in [0.717, 1.165) is 44.2 Å². The van der Waals surface area contributed by atoms with E-state index in [4.69, 9.17) is 9.47 Å². The van der Waals surface area contributed by atoms with Crippen molar-refractivity contribution in [2.45, 2.75) is 31.2 Å². The summed E-state index contributed by atoms with van der Waals surface area (Å²) in [4.78, 5) is 30.9. The number of carbonyl (C=O) groups is 2. The number of anilines is 1. The predicted octanol–water partition coefficient (Wildman–Crippen LogP) is 3.71. The van der Waals surface area contributed by atoms with E-state index in [9.17, 15) is 14.7 Å². The number of hydrogen-bond acceptors (Lipinski definition) is 6. The number of aliphatic hydroxyl groups is 1. The number of aromatic nitrogens is 1. The van der Waals surface area contributed by atoms with Crippen molar-refractivity contribution in [2.75, 3.05) is 25.7 Å².